The summed E-state index contributed by atoms with van der Waals surface area (Å²) in [4.78, 5) is 24.6. The van der Waals surface area contributed by atoms with Crippen molar-refractivity contribution < 1.29 is 22.7 Å². The first-order chi connectivity index (χ1) is 14.9. The summed E-state index contributed by atoms with van der Waals surface area (Å²) in [5.41, 5.74) is 2.11. The number of piperazine rings is 1. The molecule has 4 rings (SSSR count). The molecule has 0 bridgehead atoms. The van der Waals surface area contributed by atoms with Gasteiger partial charge < -0.3 is 14.5 Å². The first-order valence-electron chi connectivity index (χ1n) is 9.55. The number of rotatable bonds is 5. The van der Waals surface area contributed by atoms with Crippen LogP contribution in [0.5, 0.6) is 5.88 Å². The summed E-state index contributed by atoms with van der Waals surface area (Å²) >= 11 is 0. The lowest BCUT2D eigenvalue weighted by Crippen LogP contribution is -2.49. The number of alkyl halides is 3. The topological polar surface area (TPSA) is 87.2 Å². The van der Waals surface area contributed by atoms with Crippen LogP contribution in [0.4, 0.5) is 19.0 Å². The van der Waals surface area contributed by atoms with Gasteiger partial charge in [-0.2, -0.15) is 18.3 Å². The Kier molecular flexibility index (Phi) is 5.74. The summed E-state index contributed by atoms with van der Waals surface area (Å²) < 4.78 is 41.7. The molecule has 8 nitrogen and oxygen atoms in total. The molecule has 1 fully saturated rings. The zero-order chi connectivity index (χ0) is 21.8. The fourth-order valence-electron chi connectivity index (χ4n) is 3.36. The number of H-pyrrole nitrogens is 1. The quantitative estimate of drug-likeness (QED) is 0.667. The lowest BCUT2D eigenvalue weighted by molar-refractivity contribution is -0.154. The second kappa shape index (κ2) is 8.62. The predicted octanol–water partition coefficient (Wildman–Crippen LogP) is 2.77. The molecule has 31 heavy (non-hydrogen) atoms. The third-order valence-electron chi connectivity index (χ3n) is 4.85. The summed E-state index contributed by atoms with van der Waals surface area (Å²) in [5.74, 6) is 0.216. The van der Waals surface area contributed by atoms with Gasteiger partial charge in [0.1, 0.15) is 12.1 Å². The highest BCUT2D eigenvalue weighted by molar-refractivity contribution is 6.00. The maximum Gasteiger partial charge on any atom is 0.422 e. The van der Waals surface area contributed by atoms with Crippen molar-refractivity contribution in [3.8, 4) is 17.1 Å². The standard InChI is InChI=1S/C20H19F3N6O2/c21-20(22,23)12-31-18-11-17(24-13-25-18)28-7-9-29(10-8-28)19(30)15-4-2-1-3-14(15)16-5-6-26-27-16/h1-6,11,13H,7-10,12H2,(H,26,27). The molecule has 1 saturated heterocycles. The van der Waals surface area contributed by atoms with Gasteiger partial charge in [0.15, 0.2) is 6.61 Å². The van der Waals surface area contributed by atoms with Gasteiger partial charge in [-0.15, -0.1) is 0 Å². The number of nitrogens with zero attached hydrogens (tertiary/aromatic N) is 5. The molecule has 3 heterocycles. The molecule has 0 radical (unpaired) electrons. The van der Waals surface area contributed by atoms with Crippen molar-refractivity contribution in [1.82, 2.24) is 25.1 Å². The van der Waals surface area contributed by atoms with Crippen LogP contribution in [0.2, 0.25) is 0 Å². The van der Waals surface area contributed by atoms with Crippen LogP contribution in [-0.4, -0.2) is 69.9 Å². The molecule has 1 amide bonds. The van der Waals surface area contributed by atoms with Crippen molar-refractivity contribution in [2.75, 3.05) is 37.7 Å². The summed E-state index contributed by atoms with van der Waals surface area (Å²) in [5, 5.41) is 6.83. The van der Waals surface area contributed by atoms with Crippen LogP contribution in [0.25, 0.3) is 11.3 Å². The highest BCUT2D eigenvalue weighted by Gasteiger charge is 2.29. The Labute approximate surface area is 175 Å². The van der Waals surface area contributed by atoms with E-state index in [-0.39, 0.29) is 11.8 Å². The van der Waals surface area contributed by atoms with Crippen LogP contribution in [0.15, 0.2) is 48.9 Å². The fourth-order valence-corrected chi connectivity index (χ4v) is 3.36. The van der Waals surface area contributed by atoms with Gasteiger partial charge in [0.25, 0.3) is 5.91 Å². The minimum atomic E-state index is -4.44. The molecule has 3 aromatic rings. The molecule has 1 aliphatic heterocycles. The molecule has 1 aliphatic rings. The molecule has 0 aliphatic carbocycles. The van der Waals surface area contributed by atoms with Crippen LogP contribution in [-0.2, 0) is 0 Å². The summed E-state index contributed by atoms with van der Waals surface area (Å²) in [6.45, 7) is 0.431. The monoisotopic (exact) mass is 432 g/mol. The van der Waals surface area contributed by atoms with Crippen LogP contribution in [0, 0.1) is 0 Å². The second-order valence-electron chi connectivity index (χ2n) is 6.91. The van der Waals surface area contributed by atoms with Gasteiger partial charge >= 0.3 is 6.18 Å². The molecule has 0 saturated carbocycles. The summed E-state index contributed by atoms with van der Waals surface area (Å²) in [6, 6.07) is 10.5. The van der Waals surface area contributed by atoms with Gasteiger partial charge in [0, 0.05) is 49.6 Å². The average Bonchev–Trinajstić information content (AvgIpc) is 3.32. The number of benzene rings is 1. The Morgan fingerprint density at radius 3 is 2.58 bits per heavy atom. The number of nitrogens with one attached hydrogen (secondary N) is 1. The number of hydrogen-bond acceptors (Lipinski definition) is 6. The molecule has 1 aromatic carbocycles. The maximum absolute atomic E-state index is 13.1. The molecule has 0 spiro atoms. The van der Waals surface area contributed by atoms with Crippen molar-refractivity contribution >= 4 is 11.7 Å². The third kappa shape index (κ3) is 4.93. The highest BCUT2D eigenvalue weighted by Crippen LogP contribution is 2.24. The zero-order valence-electron chi connectivity index (χ0n) is 16.3. The minimum absolute atomic E-state index is 0.0956. The van der Waals surface area contributed by atoms with E-state index in [1.807, 2.05) is 23.1 Å². The Bertz CT molecular complexity index is 1030. The van der Waals surface area contributed by atoms with E-state index >= 15 is 0 Å². The summed E-state index contributed by atoms with van der Waals surface area (Å²) in [7, 11) is 0. The molecule has 2 aromatic heterocycles. The minimum Gasteiger partial charge on any atom is -0.468 e. The van der Waals surface area contributed by atoms with Gasteiger partial charge in [-0.05, 0) is 12.1 Å². The van der Waals surface area contributed by atoms with Gasteiger partial charge in [-0.25, -0.2) is 9.97 Å². The molecule has 11 heteroatoms. The van der Waals surface area contributed by atoms with E-state index in [0.29, 0.717) is 37.6 Å². The lowest BCUT2D eigenvalue weighted by Gasteiger charge is -2.35. The molecule has 0 unspecified atom stereocenters. The number of carbonyl (C=O) groups is 1. The first-order valence-corrected chi connectivity index (χ1v) is 9.55. The number of hydrogen-bond donors (Lipinski definition) is 1. The largest absolute Gasteiger partial charge is 0.468 e. The van der Waals surface area contributed by atoms with E-state index in [2.05, 4.69) is 20.2 Å². The van der Waals surface area contributed by atoms with Crippen molar-refractivity contribution in [1.29, 1.82) is 0 Å². The number of ether oxygens (including phenoxy) is 1. The second-order valence-corrected chi connectivity index (χ2v) is 6.91. The van der Waals surface area contributed by atoms with Gasteiger partial charge in [0.2, 0.25) is 5.88 Å². The van der Waals surface area contributed by atoms with E-state index < -0.39 is 12.8 Å². The highest BCUT2D eigenvalue weighted by atomic mass is 19.4. The van der Waals surface area contributed by atoms with Crippen LogP contribution in [0.3, 0.4) is 0 Å². The fraction of sp³-hybridized carbons (Fsp3) is 0.300. The smallest absolute Gasteiger partial charge is 0.422 e. The van der Waals surface area contributed by atoms with Gasteiger partial charge in [-0.3, -0.25) is 9.89 Å². The van der Waals surface area contributed by atoms with E-state index in [1.165, 1.54) is 12.4 Å². The van der Waals surface area contributed by atoms with Crippen LogP contribution in [0.1, 0.15) is 10.4 Å². The number of halogens is 3. The summed E-state index contributed by atoms with van der Waals surface area (Å²) in [6.07, 6.45) is -1.65. The van der Waals surface area contributed by atoms with Crippen molar-refractivity contribution in [2.45, 2.75) is 6.18 Å². The number of aromatic nitrogens is 4. The Balaban J connectivity index is 1.41. The molecule has 0 atom stereocenters. The number of carbonyl (C=O) groups excluding carboxylic acids is 1. The molecular formula is C20H19F3N6O2. The average molecular weight is 432 g/mol. The van der Waals surface area contributed by atoms with E-state index in [9.17, 15) is 18.0 Å². The Morgan fingerprint density at radius 2 is 1.87 bits per heavy atom. The number of anilines is 1. The molecule has 162 valence electrons. The SMILES string of the molecule is O=C(c1ccccc1-c1ccn[nH]1)N1CCN(c2cc(OCC(F)(F)F)ncn2)CC1. The molecular weight excluding hydrogens is 413 g/mol. The molecule has 1 N–H and O–H groups in total. The number of aromatic amines is 1. The van der Waals surface area contributed by atoms with E-state index in [4.69, 9.17) is 4.74 Å². The maximum atomic E-state index is 13.1. The third-order valence-corrected chi connectivity index (χ3v) is 4.85. The van der Waals surface area contributed by atoms with Gasteiger partial charge in [0.05, 0.1) is 5.69 Å². The first kappa shape index (κ1) is 20.6. The van der Waals surface area contributed by atoms with Gasteiger partial charge in [-0.1, -0.05) is 18.2 Å². The van der Waals surface area contributed by atoms with E-state index in [1.54, 1.807) is 23.2 Å². The number of amides is 1. The lowest BCUT2D eigenvalue weighted by atomic mass is 10.0. The van der Waals surface area contributed by atoms with Crippen molar-refractivity contribution in [3.05, 3.63) is 54.5 Å². The van der Waals surface area contributed by atoms with Crippen LogP contribution < -0.4 is 9.64 Å². The Hall–Kier alpha value is -3.63. The van der Waals surface area contributed by atoms with E-state index in [0.717, 1.165) is 11.3 Å². The van der Waals surface area contributed by atoms with Crippen molar-refractivity contribution in [2.24, 2.45) is 0 Å². The predicted molar refractivity (Wildman–Crippen MR) is 106 cm³/mol. The van der Waals surface area contributed by atoms with Crippen LogP contribution >= 0.6 is 0 Å². The van der Waals surface area contributed by atoms with Crippen molar-refractivity contribution in [3.63, 3.8) is 0 Å². The Morgan fingerprint density at radius 1 is 1.10 bits per heavy atom. The zero-order valence-corrected chi connectivity index (χ0v) is 16.3. The normalized spacial score (nSPS) is 14.5.